The molecule has 1 aromatic heterocycles. The molecule has 1 saturated heterocycles. The second-order valence-electron chi connectivity index (χ2n) is 7.69. The number of nitrogens with zero attached hydrogens (tertiary/aromatic N) is 3. The summed E-state index contributed by atoms with van der Waals surface area (Å²) in [5.41, 5.74) is -0.123. The van der Waals surface area contributed by atoms with E-state index in [4.69, 9.17) is 4.74 Å². The number of amides is 1. The van der Waals surface area contributed by atoms with Crippen molar-refractivity contribution in [3.05, 3.63) is 18.2 Å². The first-order chi connectivity index (χ1) is 12.0. The summed E-state index contributed by atoms with van der Waals surface area (Å²) >= 11 is 0. The summed E-state index contributed by atoms with van der Waals surface area (Å²) in [6.45, 7) is 9.04. The van der Waals surface area contributed by atoms with E-state index in [1.807, 2.05) is 18.0 Å². The fourth-order valence-electron chi connectivity index (χ4n) is 4.37. The van der Waals surface area contributed by atoms with Gasteiger partial charge >= 0.3 is 0 Å². The lowest BCUT2D eigenvalue weighted by Gasteiger charge is -2.56. The summed E-state index contributed by atoms with van der Waals surface area (Å²) in [4.78, 5) is 18.9. The molecule has 1 N–H and O–H groups in total. The Labute approximate surface area is 150 Å². The van der Waals surface area contributed by atoms with Gasteiger partial charge in [-0.2, -0.15) is 0 Å². The number of hydrogen-bond donors (Lipinski definition) is 1. The molecule has 25 heavy (non-hydrogen) atoms. The van der Waals surface area contributed by atoms with Crippen LogP contribution in [0.25, 0.3) is 0 Å². The lowest BCUT2D eigenvalue weighted by molar-refractivity contribution is -0.210. The number of piperidine rings is 1. The Bertz CT molecular complexity index is 588. The number of hydrogen-bond acceptors (Lipinski definition) is 4. The number of rotatable bonds is 6. The molecule has 6 nitrogen and oxygen atoms in total. The first-order valence-electron chi connectivity index (χ1n) is 9.56. The molecule has 3 rings (SSSR count). The van der Waals surface area contributed by atoms with Gasteiger partial charge in [0.25, 0.3) is 0 Å². The Balaban J connectivity index is 1.51. The van der Waals surface area contributed by atoms with Crippen LogP contribution in [-0.2, 0) is 16.1 Å². The fraction of sp³-hybridized carbons (Fsp3) is 0.789. The molecule has 1 spiro atoms. The van der Waals surface area contributed by atoms with Crippen LogP contribution in [0.1, 0.15) is 58.2 Å². The number of imidazole rings is 1. The highest BCUT2D eigenvalue weighted by molar-refractivity contribution is 5.76. The highest BCUT2D eigenvalue weighted by Crippen LogP contribution is 2.50. The Kier molecular flexibility index (Phi) is 5.49. The smallest absolute Gasteiger partial charge is 0.224 e. The molecule has 1 amide bonds. The van der Waals surface area contributed by atoms with Crippen LogP contribution in [0.4, 0.5) is 0 Å². The Hall–Kier alpha value is -1.40. The van der Waals surface area contributed by atoms with Crippen molar-refractivity contribution >= 4 is 5.91 Å². The molecule has 2 unspecified atom stereocenters. The largest absolute Gasteiger partial charge is 0.392 e. The van der Waals surface area contributed by atoms with E-state index in [0.29, 0.717) is 25.5 Å². The molecule has 1 aliphatic heterocycles. The third-order valence-electron chi connectivity index (χ3n) is 5.99. The molecule has 1 saturated carbocycles. The summed E-state index contributed by atoms with van der Waals surface area (Å²) in [6.07, 6.45) is 6.55. The maximum atomic E-state index is 12.6. The van der Waals surface area contributed by atoms with Gasteiger partial charge in [-0.1, -0.05) is 13.8 Å². The molecule has 6 heteroatoms. The van der Waals surface area contributed by atoms with Crippen molar-refractivity contribution in [2.24, 2.45) is 5.41 Å². The Morgan fingerprint density at radius 2 is 2.16 bits per heavy atom. The maximum absolute atomic E-state index is 12.6. The standard InChI is InChI=1S/C19H31N3O3/c1-4-25-16-13-15(23)19(16)6-10-21(11-7-19)17(24)5-9-22-12-8-20-18(22)14(2)3/h8,12,14-16,23H,4-7,9-11,13H2,1-3H3. The van der Waals surface area contributed by atoms with Crippen LogP contribution in [-0.4, -0.2) is 57.4 Å². The van der Waals surface area contributed by atoms with E-state index in [1.165, 1.54) is 0 Å². The van der Waals surface area contributed by atoms with E-state index < -0.39 is 0 Å². The van der Waals surface area contributed by atoms with Crippen molar-refractivity contribution in [1.82, 2.24) is 14.5 Å². The molecular formula is C19H31N3O3. The summed E-state index contributed by atoms with van der Waals surface area (Å²) < 4.78 is 7.87. The third kappa shape index (κ3) is 3.47. The number of aryl methyl sites for hydroxylation is 1. The van der Waals surface area contributed by atoms with Crippen LogP contribution in [0.5, 0.6) is 0 Å². The lowest BCUT2D eigenvalue weighted by atomic mass is 9.58. The molecule has 0 aromatic carbocycles. The van der Waals surface area contributed by atoms with Gasteiger partial charge in [-0.05, 0) is 19.8 Å². The maximum Gasteiger partial charge on any atom is 0.224 e. The Morgan fingerprint density at radius 1 is 1.44 bits per heavy atom. The number of likely N-dealkylation sites (tertiary alicyclic amines) is 1. The number of carbonyl (C=O) groups excluding carboxylic acids is 1. The number of aliphatic hydroxyl groups is 1. The average molecular weight is 349 g/mol. The van der Waals surface area contributed by atoms with Crippen molar-refractivity contribution in [3.63, 3.8) is 0 Å². The van der Waals surface area contributed by atoms with E-state index in [0.717, 1.165) is 38.2 Å². The topological polar surface area (TPSA) is 67.6 Å². The number of carbonyl (C=O) groups is 1. The molecule has 0 radical (unpaired) electrons. The van der Waals surface area contributed by atoms with Crippen LogP contribution in [0.2, 0.25) is 0 Å². The Morgan fingerprint density at radius 3 is 2.76 bits per heavy atom. The molecular weight excluding hydrogens is 318 g/mol. The van der Waals surface area contributed by atoms with E-state index >= 15 is 0 Å². The first kappa shape index (κ1) is 18.4. The van der Waals surface area contributed by atoms with Gasteiger partial charge in [0.15, 0.2) is 0 Å². The monoisotopic (exact) mass is 349 g/mol. The van der Waals surface area contributed by atoms with Crippen molar-refractivity contribution in [2.45, 2.75) is 71.1 Å². The van der Waals surface area contributed by atoms with E-state index in [1.54, 1.807) is 6.20 Å². The van der Waals surface area contributed by atoms with Crippen LogP contribution in [0.3, 0.4) is 0 Å². The van der Waals surface area contributed by atoms with Crippen LogP contribution < -0.4 is 0 Å². The zero-order chi connectivity index (χ0) is 18.0. The SMILES string of the molecule is CCOC1CC(O)C12CCN(C(=O)CCn1ccnc1C(C)C)CC2. The third-order valence-corrected chi connectivity index (χ3v) is 5.99. The molecule has 2 fully saturated rings. The molecule has 2 atom stereocenters. The molecule has 1 aliphatic carbocycles. The second-order valence-corrected chi connectivity index (χ2v) is 7.69. The molecule has 1 aromatic rings. The highest BCUT2D eigenvalue weighted by Gasteiger charge is 2.56. The van der Waals surface area contributed by atoms with E-state index in [2.05, 4.69) is 23.4 Å². The summed E-state index contributed by atoms with van der Waals surface area (Å²) in [5.74, 6) is 1.58. The van der Waals surface area contributed by atoms with Crippen molar-refractivity contribution in [1.29, 1.82) is 0 Å². The predicted octanol–water partition coefficient (Wildman–Crippen LogP) is 2.18. The molecule has 2 heterocycles. The minimum Gasteiger partial charge on any atom is -0.392 e. The number of aliphatic hydroxyl groups excluding tert-OH is 1. The van der Waals surface area contributed by atoms with Crippen molar-refractivity contribution in [3.8, 4) is 0 Å². The quantitative estimate of drug-likeness (QED) is 0.855. The van der Waals surface area contributed by atoms with Gasteiger partial charge in [-0.3, -0.25) is 4.79 Å². The first-order valence-corrected chi connectivity index (χ1v) is 9.56. The minimum absolute atomic E-state index is 0.123. The van der Waals surface area contributed by atoms with Gasteiger partial charge in [-0.25, -0.2) is 4.98 Å². The lowest BCUT2D eigenvalue weighted by Crippen LogP contribution is -2.62. The zero-order valence-electron chi connectivity index (χ0n) is 15.6. The van der Waals surface area contributed by atoms with Crippen LogP contribution in [0, 0.1) is 5.41 Å². The zero-order valence-corrected chi connectivity index (χ0v) is 15.6. The van der Waals surface area contributed by atoms with Gasteiger partial charge in [0.1, 0.15) is 5.82 Å². The van der Waals surface area contributed by atoms with E-state index in [-0.39, 0.29) is 23.5 Å². The van der Waals surface area contributed by atoms with Crippen LogP contribution in [0.15, 0.2) is 12.4 Å². The summed E-state index contributed by atoms with van der Waals surface area (Å²) in [5, 5.41) is 10.3. The van der Waals surface area contributed by atoms with Gasteiger partial charge in [0.05, 0.1) is 12.2 Å². The van der Waals surface area contributed by atoms with Crippen molar-refractivity contribution in [2.75, 3.05) is 19.7 Å². The van der Waals surface area contributed by atoms with Crippen molar-refractivity contribution < 1.29 is 14.6 Å². The average Bonchev–Trinajstić information content (AvgIpc) is 3.08. The van der Waals surface area contributed by atoms with Crippen LogP contribution >= 0.6 is 0 Å². The normalized spacial score (nSPS) is 25.4. The molecule has 0 bridgehead atoms. The number of aromatic nitrogens is 2. The van der Waals surface area contributed by atoms with Gasteiger partial charge in [-0.15, -0.1) is 0 Å². The van der Waals surface area contributed by atoms with E-state index in [9.17, 15) is 9.90 Å². The van der Waals surface area contributed by atoms with Gasteiger partial charge < -0.3 is 19.3 Å². The molecule has 140 valence electrons. The van der Waals surface area contributed by atoms with Gasteiger partial charge in [0.2, 0.25) is 5.91 Å². The summed E-state index contributed by atoms with van der Waals surface area (Å²) in [7, 11) is 0. The van der Waals surface area contributed by atoms with Gasteiger partial charge in [0, 0.05) is 62.8 Å². The second kappa shape index (κ2) is 7.46. The molecule has 2 aliphatic rings. The summed E-state index contributed by atoms with van der Waals surface area (Å²) in [6, 6.07) is 0. The number of ether oxygens (including phenoxy) is 1. The predicted molar refractivity (Wildman–Crippen MR) is 95.2 cm³/mol. The highest BCUT2D eigenvalue weighted by atomic mass is 16.5. The minimum atomic E-state index is -0.277. The fourth-order valence-corrected chi connectivity index (χ4v) is 4.37.